The topological polar surface area (TPSA) is 78.9 Å². The van der Waals surface area contributed by atoms with Crippen LogP contribution in [0.2, 0.25) is 0 Å². The molecule has 0 radical (unpaired) electrons. The Morgan fingerprint density at radius 1 is 0.909 bits per heavy atom. The van der Waals surface area contributed by atoms with E-state index in [0.29, 0.717) is 18.9 Å². The zero-order chi connectivity index (χ0) is 17.3. The number of ether oxygens (including phenoxy) is 3. The molecule has 2 unspecified atom stereocenters. The first-order chi connectivity index (χ1) is 10.0. The molecule has 0 N–H and O–H groups in total. The quantitative estimate of drug-likeness (QED) is 0.480. The van der Waals surface area contributed by atoms with E-state index in [4.69, 9.17) is 14.2 Å². The number of esters is 3. The molecule has 0 saturated heterocycles. The van der Waals surface area contributed by atoms with Crippen LogP contribution in [-0.4, -0.2) is 36.2 Å². The predicted octanol–water partition coefficient (Wildman–Crippen LogP) is 2.63. The Morgan fingerprint density at radius 3 is 1.95 bits per heavy atom. The van der Waals surface area contributed by atoms with Gasteiger partial charge in [0.05, 0.1) is 6.61 Å². The Bertz CT molecular complexity index is 388. The van der Waals surface area contributed by atoms with Crippen LogP contribution in [0.1, 0.15) is 60.8 Å². The molecule has 0 aromatic rings. The van der Waals surface area contributed by atoms with Gasteiger partial charge in [0.1, 0.15) is 11.7 Å². The normalized spacial score (nSPS) is 13.9. The third-order valence-electron chi connectivity index (χ3n) is 3.33. The molecular formula is C16H28O6. The summed E-state index contributed by atoms with van der Waals surface area (Å²) in [5.74, 6) is -0.811. The third-order valence-corrected chi connectivity index (χ3v) is 3.33. The van der Waals surface area contributed by atoms with Gasteiger partial charge >= 0.3 is 17.9 Å². The van der Waals surface area contributed by atoms with Crippen LogP contribution in [0.5, 0.6) is 0 Å². The lowest BCUT2D eigenvalue weighted by Crippen LogP contribution is -2.43. The number of hydrogen-bond acceptors (Lipinski definition) is 6. The van der Waals surface area contributed by atoms with Gasteiger partial charge in [0.25, 0.3) is 0 Å². The first-order valence-corrected chi connectivity index (χ1v) is 7.54. The largest absolute Gasteiger partial charge is 0.466 e. The average molecular weight is 316 g/mol. The first-order valence-electron chi connectivity index (χ1n) is 7.54. The summed E-state index contributed by atoms with van der Waals surface area (Å²) in [4.78, 5) is 33.2. The highest BCUT2D eigenvalue weighted by molar-refractivity contribution is 5.67. The van der Waals surface area contributed by atoms with E-state index in [1.54, 1.807) is 13.8 Å². The van der Waals surface area contributed by atoms with Gasteiger partial charge in [-0.1, -0.05) is 6.92 Å². The highest BCUT2D eigenvalue weighted by atomic mass is 16.6. The fourth-order valence-electron chi connectivity index (χ4n) is 2.17. The molecule has 6 heteroatoms. The van der Waals surface area contributed by atoms with Gasteiger partial charge in [-0.3, -0.25) is 14.4 Å². The predicted molar refractivity (Wildman–Crippen MR) is 81.0 cm³/mol. The van der Waals surface area contributed by atoms with Crippen molar-refractivity contribution in [2.75, 3.05) is 6.61 Å². The van der Waals surface area contributed by atoms with Gasteiger partial charge in [-0.2, -0.15) is 0 Å². The smallest absolute Gasteiger partial charge is 0.303 e. The molecule has 0 rings (SSSR count). The summed E-state index contributed by atoms with van der Waals surface area (Å²) >= 11 is 0. The van der Waals surface area contributed by atoms with Crippen LogP contribution in [0.4, 0.5) is 0 Å². The van der Waals surface area contributed by atoms with Crippen LogP contribution >= 0.6 is 0 Å². The lowest BCUT2D eigenvalue weighted by molar-refractivity contribution is -0.179. The number of carbonyl (C=O) groups excluding carboxylic acids is 3. The van der Waals surface area contributed by atoms with Crippen molar-refractivity contribution in [2.24, 2.45) is 5.92 Å². The molecule has 0 bridgehead atoms. The fourth-order valence-corrected chi connectivity index (χ4v) is 2.17. The van der Waals surface area contributed by atoms with Crippen molar-refractivity contribution in [1.29, 1.82) is 0 Å². The number of carbonyl (C=O) groups is 3. The van der Waals surface area contributed by atoms with Crippen LogP contribution < -0.4 is 0 Å². The average Bonchev–Trinajstić information content (AvgIpc) is 2.31. The summed E-state index contributed by atoms with van der Waals surface area (Å²) in [6, 6.07) is 0. The lowest BCUT2D eigenvalue weighted by atomic mass is 9.92. The Hall–Kier alpha value is -1.59. The molecule has 0 fully saturated rings. The highest BCUT2D eigenvalue weighted by Crippen LogP contribution is 2.25. The van der Waals surface area contributed by atoms with Crippen LogP contribution in [0.15, 0.2) is 0 Å². The van der Waals surface area contributed by atoms with E-state index in [0.717, 1.165) is 12.8 Å². The van der Waals surface area contributed by atoms with Gasteiger partial charge in [-0.15, -0.1) is 0 Å². The van der Waals surface area contributed by atoms with Crippen LogP contribution in [-0.2, 0) is 28.6 Å². The molecule has 6 nitrogen and oxygen atoms in total. The van der Waals surface area contributed by atoms with E-state index in [2.05, 4.69) is 0 Å². The minimum absolute atomic E-state index is 0.291. The molecule has 0 aliphatic rings. The van der Waals surface area contributed by atoms with Crippen molar-refractivity contribution in [2.45, 2.75) is 72.5 Å². The van der Waals surface area contributed by atoms with Crippen molar-refractivity contribution in [3.63, 3.8) is 0 Å². The highest BCUT2D eigenvalue weighted by Gasteiger charge is 2.35. The third kappa shape index (κ3) is 9.37. The monoisotopic (exact) mass is 316 g/mol. The maximum absolute atomic E-state index is 11.3. The lowest BCUT2D eigenvalue weighted by Gasteiger charge is -2.33. The molecule has 0 aromatic carbocycles. The molecule has 22 heavy (non-hydrogen) atoms. The summed E-state index contributed by atoms with van der Waals surface area (Å²) < 4.78 is 15.5. The standard InChI is InChI=1S/C16H28O6/c1-11(9-10-20-12(2)17)7-8-15(21-13(3)18)16(5,6)22-14(4)19/h11,15H,7-10H2,1-6H3. The van der Waals surface area contributed by atoms with Gasteiger partial charge in [0.15, 0.2) is 0 Å². The summed E-state index contributed by atoms with van der Waals surface area (Å²) in [6.07, 6.45) is 1.57. The van der Waals surface area contributed by atoms with Crippen molar-refractivity contribution < 1.29 is 28.6 Å². The minimum Gasteiger partial charge on any atom is -0.466 e. The molecule has 0 heterocycles. The maximum Gasteiger partial charge on any atom is 0.303 e. The molecular weight excluding hydrogens is 288 g/mol. The van der Waals surface area contributed by atoms with Gasteiger partial charge < -0.3 is 14.2 Å². The van der Waals surface area contributed by atoms with Gasteiger partial charge in [0.2, 0.25) is 0 Å². The van der Waals surface area contributed by atoms with Gasteiger partial charge in [-0.25, -0.2) is 0 Å². The second-order valence-electron chi connectivity index (χ2n) is 6.11. The Morgan fingerprint density at radius 2 is 1.50 bits per heavy atom. The molecule has 2 atom stereocenters. The minimum atomic E-state index is -0.882. The van der Waals surface area contributed by atoms with E-state index in [-0.39, 0.29) is 5.97 Å². The van der Waals surface area contributed by atoms with Crippen LogP contribution in [0.3, 0.4) is 0 Å². The molecule has 0 saturated carbocycles. The molecule has 0 spiro atoms. The Balaban J connectivity index is 4.50. The number of hydrogen-bond donors (Lipinski definition) is 0. The second-order valence-corrected chi connectivity index (χ2v) is 6.11. The maximum atomic E-state index is 11.3. The van der Waals surface area contributed by atoms with Gasteiger partial charge in [-0.05, 0) is 39.0 Å². The van der Waals surface area contributed by atoms with E-state index in [9.17, 15) is 14.4 Å². The second kappa shape index (κ2) is 9.43. The fraction of sp³-hybridized carbons (Fsp3) is 0.812. The SMILES string of the molecule is CC(=O)OCCC(C)CCC(OC(C)=O)C(C)(C)OC(C)=O. The molecule has 128 valence electrons. The van der Waals surface area contributed by atoms with Crippen molar-refractivity contribution in [1.82, 2.24) is 0 Å². The van der Waals surface area contributed by atoms with Gasteiger partial charge in [0, 0.05) is 20.8 Å². The van der Waals surface area contributed by atoms with E-state index in [1.807, 2.05) is 6.92 Å². The van der Waals surface area contributed by atoms with Crippen molar-refractivity contribution in [3.8, 4) is 0 Å². The van der Waals surface area contributed by atoms with E-state index < -0.39 is 23.6 Å². The molecule has 0 aliphatic carbocycles. The summed E-state index contributed by atoms with van der Waals surface area (Å²) in [5, 5.41) is 0. The van der Waals surface area contributed by atoms with E-state index in [1.165, 1.54) is 20.8 Å². The van der Waals surface area contributed by atoms with Crippen LogP contribution in [0.25, 0.3) is 0 Å². The van der Waals surface area contributed by atoms with E-state index >= 15 is 0 Å². The Labute approximate surface area is 132 Å². The molecule has 0 aromatic heterocycles. The molecule has 0 aliphatic heterocycles. The molecule has 0 amide bonds. The zero-order valence-electron chi connectivity index (χ0n) is 14.4. The summed E-state index contributed by atoms with van der Waals surface area (Å²) in [5.41, 5.74) is -0.882. The summed E-state index contributed by atoms with van der Waals surface area (Å²) in [6.45, 7) is 9.91. The zero-order valence-corrected chi connectivity index (χ0v) is 14.4. The van der Waals surface area contributed by atoms with Crippen molar-refractivity contribution in [3.05, 3.63) is 0 Å². The number of rotatable bonds is 9. The first kappa shape index (κ1) is 20.4. The van der Waals surface area contributed by atoms with Crippen molar-refractivity contribution >= 4 is 17.9 Å². The Kier molecular flexibility index (Phi) is 8.75. The van der Waals surface area contributed by atoms with Crippen LogP contribution in [0, 0.1) is 5.92 Å². The summed E-state index contributed by atoms with van der Waals surface area (Å²) in [7, 11) is 0.